The lowest BCUT2D eigenvalue weighted by Gasteiger charge is -2.30. The fraction of sp³-hybridized carbons (Fsp3) is 0.273. The Kier molecular flexibility index (Phi) is 1.88. The van der Waals surface area contributed by atoms with Gasteiger partial charge >= 0.3 is 0 Å². The molecule has 0 spiro atoms. The second-order valence-corrected chi connectivity index (χ2v) is 3.82. The second-order valence-electron chi connectivity index (χ2n) is 3.82. The predicted molar refractivity (Wildman–Crippen MR) is 52.1 cm³/mol. The van der Waals surface area contributed by atoms with E-state index in [4.69, 9.17) is 0 Å². The molecule has 1 aromatic carbocycles. The Hall–Kier alpha value is -1.64. The average Bonchev–Trinajstić information content (AvgIpc) is 2.18. The molecule has 0 bridgehead atoms. The molecule has 0 saturated carbocycles. The average molecular weight is 189 g/mol. The van der Waals surface area contributed by atoms with E-state index in [0.717, 1.165) is 11.8 Å². The van der Waals surface area contributed by atoms with Crippen LogP contribution in [0.15, 0.2) is 24.3 Å². The van der Waals surface area contributed by atoms with Crippen LogP contribution < -0.4 is 5.32 Å². The molecule has 1 aliphatic rings. The first kappa shape index (κ1) is 8.94. The Bertz CT molecular complexity index is 400. The highest BCUT2D eigenvalue weighted by Gasteiger charge is 2.32. The molecule has 1 amide bonds. The number of rotatable bonds is 1. The molecule has 0 aromatic heterocycles. The van der Waals surface area contributed by atoms with E-state index < -0.39 is 5.54 Å². The van der Waals surface area contributed by atoms with Crippen LogP contribution in [-0.2, 0) is 11.2 Å². The van der Waals surface area contributed by atoms with Crippen molar-refractivity contribution in [3.8, 4) is 0 Å². The van der Waals surface area contributed by atoms with E-state index >= 15 is 0 Å². The van der Waals surface area contributed by atoms with Crippen LogP contribution in [0.2, 0.25) is 0 Å². The van der Waals surface area contributed by atoms with Gasteiger partial charge in [0.1, 0.15) is 6.29 Å². The molecule has 3 heteroatoms. The van der Waals surface area contributed by atoms with Gasteiger partial charge in [0.2, 0.25) is 0 Å². The molecular weight excluding hydrogens is 178 g/mol. The number of benzene rings is 1. The van der Waals surface area contributed by atoms with Crippen LogP contribution in [0.3, 0.4) is 0 Å². The molecule has 1 aliphatic heterocycles. The van der Waals surface area contributed by atoms with E-state index in [2.05, 4.69) is 5.32 Å². The maximum absolute atomic E-state index is 11.6. The maximum Gasteiger partial charge on any atom is 0.252 e. The minimum Gasteiger partial charge on any atom is -0.340 e. The molecule has 14 heavy (non-hydrogen) atoms. The summed E-state index contributed by atoms with van der Waals surface area (Å²) >= 11 is 0. The van der Waals surface area contributed by atoms with Crippen molar-refractivity contribution in [2.45, 2.75) is 18.9 Å². The number of nitrogens with one attached hydrogen (secondary N) is 1. The molecule has 0 saturated heterocycles. The van der Waals surface area contributed by atoms with Crippen LogP contribution in [0.1, 0.15) is 22.8 Å². The summed E-state index contributed by atoms with van der Waals surface area (Å²) < 4.78 is 0. The van der Waals surface area contributed by atoms with Gasteiger partial charge in [-0.1, -0.05) is 18.2 Å². The van der Waals surface area contributed by atoms with Crippen molar-refractivity contribution in [2.75, 3.05) is 0 Å². The summed E-state index contributed by atoms with van der Waals surface area (Å²) in [5.41, 5.74) is 0.864. The first-order valence-electron chi connectivity index (χ1n) is 4.51. The number of aldehydes is 1. The molecule has 1 atom stereocenters. The van der Waals surface area contributed by atoms with Crippen LogP contribution >= 0.6 is 0 Å². The fourth-order valence-electron chi connectivity index (χ4n) is 1.73. The topological polar surface area (TPSA) is 46.2 Å². The number of amides is 1. The number of fused-ring (bicyclic) bond motifs is 1. The first-order valence-corrected chi connectivity index (χ1v) is 4.51. The summed E-state index contributed by atoms with van der Waals surface area (Å²) in [6, 6.07) is 7.36. The lowest BCUT2D eigenvalue weighted by Crippen LogP contribution is -2.52. The van der Waals surface area contributed by atoms with E-state index in [0.29, 0.717) is 12.0 Å². The zero-order valence-electron chi connectivity index (χ0n) is 7.91. The van der Waals surface area contributed by atoms with Crippen molar-refractivity contribution in [1.29, 1.82) is 0 Å². The molecule has 2 rings (SSSR count). The van der Waals surface area contributed by atoms with Crippen molar-refractivity contribution in [3.05, 3.63) is 35.4 Å². The highest BCUT2D eigenvalue weighted by molar-refractivity contribution is 5.99. The zero-order valence-corrected chi connectivity index (χ0v) is 7.91. The minimum atomic E-state index is -0.745. The van der Waals surface area contributed by atoms with E-state index in [9.17, 15) is 9.59 Å². The Morgan fingerprint density at radius 3 is 2.86 bits per heavy atom. The van der Waals surface area contributed by atoms with Crippen LogP contribution in [0.5, 0.6) is 0 Å². The normalized spacial score (nSPS) is 25.1. The van der Waals surface area contributed by atoms with E-state index in [-0.39, 0.29) is 5.91 Å². The van der Waals surface area contributed by atoms with Crippen molar-refractivity contribution < 1.29 is 9.59 Å². The Morgan fingerprint density at radius 2 is 2.14 bits per heavy atom. The van der Waals surface area contributed by atoms with Gasteiger partial charge in [0, 0.05) is 12.0 Å². The standard InChI is InChI=1S/C11H11NO2/c1-11(7-13)6-8-4-2-3-5-9(8)10(14)12-11/h2-5,7H,6H2,1H3,(H,12,14). The van der Waals surface area contributed by atoms with Crippen LogP contribution in [0, 0.1) is 0 Å². The maximum atomic E-state index is 11.6. The molecule has 1 aromatic rings. The molecule has 0 radical (unpaired) electrons. The van der Waals surface area contributed by atoms with Gasteiger partial charge < -0.3 is 10.1 Å². The highest BCUT2D eigenvalue weighted by atomic mass is 16.2. The summed E-state index contributed by atoms with van der Waals surface area (Å²) in [5.74, 6) is -0.165. The van der Waals surface area contributed by atoms with Crippen LogP contribution in [-0.4, -0.2) is 17.7 Å². The zero-order chi connectivity index (χ0) is 10.2. The van der Waals surface area contributed by atoms with Crippen molar-refractivity contribution in [1.82, 2.24) is 5.32 Å². The van der Waals surface area contributed by atoms with E-state index in [1.807, 2.05) is 18.2 Å². The van der Waals surface area contributed by atoms with Gasteiger partial charge in [-0.3, -0.25) is 4.79 Å². The largest absolute Gasteiger partial charge is 0.340 e. The van der Waals surface area contributed by atoms with Gasteiger partial charge in [0.25, 0.3) is 5.91 Å². The lowest BCUT2D eigenvalue weighted by molar-refractivity contribution is -0.112. The molecule has 0 aliphatic carbocycles. The van der Waals surface area contributed by atoms with Gasteiger partial charge in [0.15, 0.2) is 0 Å². The number of hydrogen-bond donors (Lipinski definition) is 1. The molecular formula is C11H11NO2. The summed E-state index contributed by atoms with van der Waals surface area (Å²) in [6.45, 7) is 1.73. The van der Waals surface area contributed by atoms with Gasteiger partial charge in [-0.25, -0.2) is 0 Å². The third-order valence-corrected chi connectivity index (χ3v) is 2.48. The molecule has 3 nitrogen and oxygen atoms in total. The molecule has 72 valence electrons. The Balaban J connectivity index is 2.48. The first-order chi connectivity index (χ1) is 6.64. The quantitative estimate of drug-likeness (QED) is 0.668. The summed E-state index contributed by atoms with van der Waals surface area (Å²) in [4.78, 5) is 22.4. The van der Waals surface area contributed by atoms with E-state index in [1.165, 1.54) is 0 Å². The van der Waals surface area contributed by atoms with E-state index in [1.54, 1.807) is 13.0 Å². The van der Waals surface area contributed by atoms with Crippen LogP contribution in [0.25, 0.3) is 0 Å². The molecule has 1 N–H and O–H groups in total. The fourth-order valence-corrected chi connectivity index (χ4v) is 1.73. The smallest absolute Gasteiger partial charge is 0.252 e. The third kappa shape index (κ3) is 1.31. The highest BCUT2D eigenvalue weighted by Crippen LogP contribution is 2.21. The van der Waals surface area contributed by atoms with Crippen molar-refractivity contribution in [3.63, 3.8) is 0 Å². The monoisotopic (exact) mass is 189 g/mol. The van der Waals surface area contributed by atoms with Gasteiger partial charge in [-0.05, 0) is 18.6 Å². The summed E-state index contributed by atoms with van der Waals surface area (Å²) in [7, 11) is 0. The summed E-state index contributed by atoms with van der Waals surface area (Å²) in [6.07, 6.45) is 1.36. The summed E-state index contributed by atoms with van der Waals surface area (Å²) in [5, 5.41) is 2.69. The number of carbonyl (C=O) groups excluding carboxylic acids is 2. The second kappa shape index (κ2) is 2.94. The van der Waals surface area contributed by atoms with Crippen molar-refractivity contribution >= 4 is 12.2 Å². The molecule has 0 fully saturated rings. The third-order valence-electron chi connectivity index (χ3n) is 2.48. The Morgan fingerprint density at radius 1 is 1.43 bits per heavy atom. The Labute approximate surface area is 82.1 Å². The number of hydrogen-bond acceptors (Lipinski definition) is 2. The predicted octanol–water partition coefficient (Wildman–Crippen LogP) is 0.930. The van der Waals surface area contributed by atoms with Gasteiger partial charge in [0.05, 0.1) is 5.54 Å². The van der Waals surface area contributed by atoms with Crippen LogP contribution in [0.4, 0.5) is 0 Å². The van der Waals surface area contributed by atoms with Crippen molar-refractivity contribution in [2.24, 2.45) is 0 Å². The minimum absolute atomic E-state index is 0.165. The lowest BCUT2D eigenvalue weighted by atomic mass is 9.87. The SMILES string of the molecule is CC1(C=O)Cc2ccccc2C(=O)N1. The molecule has 1 unspecified atom stereocenters. The molecule has 1 heterocycles. The van der Waals surface area contributed by atoms with Gasteiger partial charge in [-0.2, -0.15) is 0 Å². The van der Waals surface area contributed by atoms with Gasteiger partial charge in [-0.15, -0.1) is 0 Å². The number of carbonyl (C=O) groups is 2.